The highest BCUT2D eigenvalue weighted by atomic mass is 32.2. The first-order valence-corrected chi connectivity index (χ1v) is 7.89. The molecule has 0 aromatic rings. The molecule has 3 N–H and O–H groups in total. The highest BCUT2D eigenvalue weighted by Crippen LogP contribution is 2.05. The Morgan fingerprint density at radius 1 is 1.28 bits per heavy atom. The van der Waals surface area contributed by atoms with Gasteiger partial charge in [-0.3, -0.25) is 4.79 Å². The quantitative estimate of drug-likeness (QED) is 0.489. The first-order chi connectivity index (χ1) is 8.47. The Hall–Kier alpha value is -0.700. The van der Waals surface area contributed by atoms with Crippen LogP contribution in [0, 0.1) is 0 Å². The second kappa shape index (κ2) is 7.67. The fourth-order valence-corrected chi connectivity index (χ4v) is 2.12. The molecule has 0 unspecified atom stereocenters. The predicted molar refractivity (Wildman–Crippen MR) is 67.7 cm³/mol. The summed E-state index contributed by atoms with van der Waals surface area (Å²) in [6.07, 6.45) is 2.80. The SMILES string of the molecule is CS(=O)(=O)NCCNCC(=O)NC1CCOCC1. The van der Waals surface area contributed by atoms with Gasteiger partial charge in [0.1, 0.15) is 0 Å². The molecule has 0 saturated carbocycles. The molecule has 1 fully saturated rings. The summed E-state index contributed by atoms with van der Waals surface area (Å²) in [6, 6.07) is 0.196. The van der Waals surface area contributed by atoms with Crippen molar-refractivity contribution in [3.8, 4) is 0 Å². The van der Waals surface area contributed by atoms with Crippen molar-refractivity contribution in [2.75, 3.05) is 39.1 Å². The van der Waals surface area contributed by atoms with Crippen LogP contribution in [0.2, 0.25) is 0 Å². The van der Waals surface area contributed by atoms with Crippen LogP contribution in [-0.2, 0) is 19.6 Å². The van der Waals surface area contributed by atoms with Crippen LogP contribution in [0.4, 0.5) is 0 Å². The topological polar surface area (TPSA) is 96.5 Å². The number of amides is 1. The highest BCUT2D eigenvalue weighted by molar-refractivity contribution is 7.88. The number of hydrogen-bond donors (Lipinski definition) is 3. The van der Waals surface area contributed by atoms with Gasteiger partial charge < -0.3 is 15.4 Å². The van der Waals surface area contributed by atoms with Crippen molar-refractivity contribution >= 4 is 15.9 Å². The van der Waals surface area contributed by atoms with E-state index in [1.807, 2.05) is 0 Å². The van der Waals surface area contributed by atoms with E-state index in [-0.39, 0.29) is 25.0 Å². The zero-order chi connectivity index (χ0) is 13.4. The van der Waals surface area contributed by atoms with Crippen LogP contribution in [0.3, 0.4) is 0 Å². The molecule has 0 radical (unpaired) electrons. The minimum atomic E-state index is -3.15. The molecule has 0 bridgehead atoms. The molecule has 0 aromatic heterocycles. The summed E-state index contributed by atoms with van der Waals surface area (Å²) in [5, 5.41) is 5.78. The molecule has 0 aromatic carbocycles. The van der Waals surface area contributed by atoms with E-state index in [2.05, 4.69) is 15.4 Å². The molecule has 1 amide bonds. The smallest absolute Gasteiger partial charge is 0.234 e. The molecule has 1 rings (SSSR count). The Balaban J connectivity index is 2.03. The number of hydrogen-bond acceptors (Lipinski definition) is 5. The summed E-state index contributed by atoms with van der Waals surface area (Å²) in [5.41, 5.74) is 0. The first-order valence-electron chi connectivity index (χ1n) is 6.00. The average Bonchev–Trinajstić information content (AvgIpc) is 2.28. The van der Waals surface area contributed by atoms with E-state index < -0.39 is 10.0 Å². The monoisotopic (exact) mass is 279 g/mol. The van der Waals surface area contributed by atoms with E-state index in [1.165, 1.54) is 0 Å². The van der Waals surface area contributed by atoms with Gasteiger partial charge in [-0.1, -0.05) is 0 Å². The maximum absolute atomic E-state index is 11.5. The molecule has 1 heterocycles. The lowest BCUT2D eigenvalue weighted by atomic mass is 10.1. The van der Waals surface area contributed by atoms with Crippen molar-refractivity contribution < 1.29 is 17.9 Å². The van der Waals surface area contributed by atoms with Crippen molar-refractivity contribution in [2.24, 2.45) is 0 Å². The van der Waals surface area contributed by atoms with E-state index in [0.717, 1.165) is 19.1 Å². The van der Waals surface area contributed by atoms with Crippen LogP contribution in [-0.4, -0.2) is 59.5 Å². The van der Waals surface area contributed by atoms with Crippen LogP contribution in [0.5, 0.6) is 0 Å². The van der Waals surface area contributed by atoms with Gasteiger partial charge in [-0.2, -0.15) is 0 Å². The zero-order valence-electron chi connectivity index (χ0n) is 10.6. The molecule has 0 spiro atoms. The van der Waals surface area contributed by atoms with Gasteiger partial charge in [0.05, 0.1) is 12.8 Å². The maximum Gasteiger partial charge on any atom is 0.234 e. The Bertz CT molecular complexity index is 352. The number of ether oxygens (including phenoxy) is 1. The molecule has 106 valence electrons. The lowest BCUT2D eigenvalue weighted by Gasteiger charge is -2.23. The number of carbonyl (C=O) groups excluding carboxylic acids is 1. The van der Waals surface area contributed by atoms with Crippen LogP contribution in [0.25, 0.3) is 0 Å². The second-order valence-electron chi connectivity index (χ2n) is 4.30. The third-order valence-electron chi connectivity index (χ3n) is 2.54. The second-order valence-corrected chi connectivity index (χ2v) is 6.13. The molecule has 1 aliphatic rings. The van der Waals surface area contributed by atoms with Crippen LogP contribution in [0.1, 0.15) is 12.8 Å². The summed E-state index contributed by atoms with van der Waals surface area (Å²) < 4.78 is 29.1. The highest BCUT2D eigenvalue weighted by Gasteiger charge is 2.15. The van der Waals surface area contributed by atoms with Gasteiger partial charge in [-0.15, -0.1) is 0 Å². The van der Waals surface area contributed by atoms with E-state index in [1.54, 1.807) is 0 Å². The van der Waals surface area contributed by atoms with Crippen LogP contribution in [0.15, 0.2) is 0 Å². The molecule has 1 saturated heterocycles. The van der Waals surface area contributed by atoms with Gasteiger partial charge in [0.2, 0.25) is 15.9 Å². The molecule has 7 nitrogen and oxygen atoms in total. The maximum atomic E-state index is 11.5. The van der Waals surface area contributed by atoms with Crippen LogP contribution >= 0.6 is 0 Å². The van der Waals surface area contributed by atoms with Gasteiger partial charge in [-0.25, -0.2) is 13.1 Å². The zero-order valence-corrected chi connectivity index (χ0v) is 11.4. The molecule has 18 heavy (non-hydrogen) atoms. The fraction of sp³-hybridized carbons (Fsp3) is 0.900. The van der Waals surface area contributed by atoms with Crippen LogP contribution < -0.4 is 15.4 Å². The minimum absolute atomic E-state index is 0.0683. The largest absolute Gasteiger partial charge is 0.381 e. The Morgan fingerprint density at radius 2 is 1.94 bits per heavy atom. The van der Waals surface area contributed by atoms with Crippen molar-refractivity contribution in [1.29, 1.82) is 0 Å². The van der Waals surface area contributed by atoms with Gasteiger partial charge in [0.25, 0.3) is 0 Å². The van der Waals surface area contributed by atoms with E-state index in [9.17, 15) is 13.2 Å². The average molecular weight is 279 g/mol. The summed E-state index contributed by atoms with van der Waals surface area (Å²) in [5.74, 6) is -0.0683. The summed E-state index contributed by atoms with van der Waals surface area (Å²) in [7, 11) is -3.15. The predicted octanol–water partition coefficient (Wildman–Crippen LogP) is -1.58. The lowest BCUT2D eigenvalue weighted by Crippen LogP contribution is -2.44. The number of nitrogens with one attached hydrogen (secondary N) is 3. The molecule has 0 aliphatic carbocycles. The molecule has 8 heteroatoms. The standard InChI is InChI=1S/C10H21N3O4S/c1-18(15,16)12-5-4-11-8-10(14)13-9-2-6-17-7-3-9/h9,11-12H,2-8H2,1H3,(H,13,14). The van der Waals surface area contributed by atoms with Gasteiger partial charge in [-0.05, 0) is 12.8 Å². The van der Waals surface area contributed by atoms with Crippen molar-refractivity contribution in [2.45, 2.75) is 18.9 Å². The third-order valence-corrected chi connectivity index (χ3v) is 3.27. The summed E-state index contributed by atoms with van der Waals surface area (Å²) in [4.78, 5) is 11.5. The van der Waals surface area contributed by atoms with Crippen molar-refractivity contribution in [3.05, 3.63) is 0 Å². The van der Waals surface area contributed by atoms with E-state index in [4.69, 9.17) is 4.74 Å². The van der Waals surface area contributed by atoms with Gasteiger partial charge in [0, 0.05) is 32.3 Å². The van der Waals surface area contributed by atoms with Gasteiger partial charge in [0.15, 0.2) is 0 Å². The van der Waals surface area contributed by atoms with Crippen molar-refractivity contribution in [3.63, 3.8) is 0 Å². The van der Waals surface area contributed by atoms with Gasteiger partial charge >= 0.3 is 0 Å². The Labute approximate surface area is 108 Å². The fourth-order valence-electron chi connectivity index (χ4n) is 1.65. The van der Waals surface area contributed by atoms with Crippen molar-refractivity contribution in [1.82, 2.24) is 15.4 Å². The molecular formula is C10H21N3O4S. The van der Waals surface area contributed by atoms with E-state index in [0.29, 0.717) is 19.8 Å². The molecular weight excluding hydrogens is 258 g/mol. The minimum Gasteiger partial charge on any atom is -0.381 e. The first kappa shape index (κ1) is 15.4. The lowest BCUT2D eigenvalue weighted by molar-refractivity contribution is -0.121. The normalized spacial score (nSPS) is 17.6. The summed E-state index contributed by atoms with van der Waals surface area (Å²) in [6.45, 7) is 2.29. The molecule has 0 atom stereocenters. The number of rotatable bonds is 7. The summed E-state index contributed by atoms with van der Waals surface area (Å²) >= 11 is 0. The third kappa shape index (κ3) is 7.59. The number of carbonyl (C=O) groups is 1. The Kier molecular flexibility index (Phi) is 6.55. The number of sulfonamides is 1. The molecule has 1 aliphatic heterocycles. The Morgan fingerprint density at radius 3 is 2.56 bits per heavy atom. The van der Waals surface area contributed by atoms with E-state index >= 15 is 0 Å².